The molecule has 8 nitrogen and oxygen atoms in total. The van der Waals surface area contributed by atoms with Crippen LogP contribution in [0.1, 0.15) is 53.3 Å². The molecule has 1 saturated heterocycles. The zero-order valence-electron chi connectivity index (χ0n) is 22.8. The molecule has 5 rings (SSSR count). The largest absolute Gasteiger partial charge is 0.465 e. The number of methoxy groups -OCH3 is 1. The first-order valence-electron chi connectivity index (χ1n) is 13.9. The van der Waals surface area contributed by atoms with Crippen molar-refractivity contribution in [2.45, 2.75) is 44.4 Å². The lowest BCUT2D eigenvalue weighted by Gasteiger charge is -2.34. The summed E-state index contributed by atoms with van der Waals surface area (Å²) < 4.78 is 13.0. The third kappa shape index (κ3) is 6.41. The number of H-pyrrole nitrogens is 1. The fraction of sp³-hybridized carbons (Fsp3) is 0.344. The van der Waals surface area contributed by atoms with Crippen molar-refractivity contribution in [3.05, 3.63) is 116 Å². The van der Waals surface area contributed by atoms with Crippen LogP contribution in [0.4, 0.5) is 0 Å². The summed E-state index contributed by atoms with van der Waals surface area (Å²) in [6.07, 6.45) is 3.73. The summed E-state index contributed by atoms with van der Waals surface area (Å²) in [5.74, 6) is -0.507. The number of hydrogen-bond donors (Lipinski definition) is 1. The van der Waals surface area contributed by atoms with Gasteiger partial charge in [0, 0.05) is 19.6 Å². The van der Waals surface area contributed by atoms with Gasteiger partial charge in [0.15, 0.2) is 0 Å². The molecule has 1 aliphatic heterocycles. The van der Waals surface area contributed by atoms with Gasteiger partial charge in [-0.2, -0.15) is 0 Å². The highest BCUT2D eigenvalue weighted by atomic mass is 16.5. The van der Waals surface area contributed by atoms with Crippen molar-refractivity contribution in [3.8, 4) is 0 Å². The van der Waals surface area contributed by atoms with Gasteiger partial charge < -0.3 is 14.4 Å². The van der Waals surface area contributed by atoms with Gasteiger partial charge >= 0.3 is 11.7 Å². The Kier molecular flexibility index (Phi) is 8.88. The molecule has 0 radical (unpaired) electrons. The normalized spacial score (nSPS) is 14.6. The Morgan fingerprint density at radius 2 is 1.52 bits per heavy atom. The maximum atomic E-state index is 12.6. The Hall–Kier alpha value is -4.01. The number of benzene rings is 3. The molecule has 0 atom stereocenters. The Morgan fingerprint density at radius 1 is 0.900 bits per heavy atom. The fourth-order valence-corrected chi connectivity index (χ4v) is 5.43. The number of carbonyl (C=O) groups is 1. The standard InChI is InChI=1S/C32H35N3O5/c1-39-31(37)25-14-15-27-28(22-25)35(32(38)33-30(27)36)19-9-8-18-34-20-16-26(17-21-34)40-29(23-10-4-2-5-11-23)24-12-6-3-7-13-24/h2-7,10-15,22,26,29H,8-9,16-21H2,1H3,(H,33,36,38). The molecule has 1 fully saturated rings. The van der Waals surface area contributed by atoms with E-state index in [-0.39, 0.29) is 12.2 Å². The fourth-order valence-electron chi connectivity index (χ4n) is 5.43. The first kappa shape index (κ1) is 27.6. The van der Waals surface area contributed by atoms with Gasteiger partial charge in [-0.05, 0) is 61.6 Å². The lowest BCUT2D eigenvalue weighted by atomic mass is 10.00. The second kappa shape index (κ2) is 12.9. The topological polar surface area (TPSA) is 93.6 Å². The zero-order chi connectivity index (χ0) is 27.9. The van der Waals surface area contributed by atoms with E-state index in [2.05, 4.69) is 58.4 Å². The van der Waals surface area contributed by atoms with Crippen molar-refractivity contribution in [1.82, 2.24) is 14.5 Å². The molecule has 0 aliphatic carbocycles. The van der Waals surface area contributed by atoms with E-state index in [0.29, 0.717) is 23.0 Å². The van der Waals surface area contributed by atoms with E-state index in [1.807, 2.05) is 12.1 Å². The molecular formula is C32H35N3O5. The van der Waals surface area contributed by atoms with Crippen LogP contribution in [0.3, 0.4) is 0 Å². The van der Waals surface area contributed by atoms with E-state index < -0.39 is 17.2 Å². The van der Waals surface area contributed by atoms with Crippen LogP contribution in [0.25, 0.3) is 10.9 Å². The molecule has 2 heterocycles. The zero-order valence-corrected chi connectivity index (χ0v) is 22.8. The number of rotatable bonds is 10. The summed E-state index contributed by atoms with van der Waals surface area (Å²) in [4.78, 5) is 41.7. The number of nitrogens with one attached hydrogen (secondary N) is 1. The number of nitrogens with zero attached hydrogens (tertiary/aromatic N) is 2. The van der Waals surface area contributed by atoms with Gasteiger partial charge in [-0.15, -0.1) is 0 Å². The molecule has 0 saturated carbocycles. The number of fused-ring (bicyclic) bond motifs is 1. The molecule has 1 N–H and O–H groups in total. The molecular weight excluding hydrogens is 506 g/mol. The third-order valence-electron chi connectivity index (χ3n) is 7.59. The summed E-state index contributed by atoms with van der Waals surface area (Å²) in [5, 5.41) is 0.374. The number of ether oxygens (including phenoxy) is 2. The summed E-state index contributed by atoms with van der Waals surface area (Å²) in [6.45, 7) is 3.30. The lowest BCUT2D eigenvalue weighted by Crippen LogP contribution is -2.38. The Bertz CT molecular complexity index is 1500. The molecule has 3 aromatic carbocycles. The molecule has 0 amide bonds. The smallest absolute Gasteiger partial charge is 0.337 e. The first-order chi connectivity index (χ1) is 19.5. The second-order valence-corrected chi connectivity index (χ2v) is 10.2. The number of likely N-dealkylation sites (tertiary alicyclic amines) is 1. The highest BCUT2D eigenvalue weighted by Crippen LogP contribution is 2.30. The predicted molar refractivity (Wildman–Crippen MR) is 155 cm³/mol. The van der Waals surface area contributed by atoms with Gasteiger partial charge in [-0.25, -0.2) is 9.59 Å². The average Bonchev–Trinajstić information content (AvgIpc) is 3.00. The van der Waals surface area contributed by atoms with Crippen molar-refractivity contribution in [1.29, 1.82) is 0 Å². The van der Waals surface area contributed by atoms with Gasteiger partial charge in [0.1, 0.15) is 6.10 Å². The third-order valence-corrected chi connectivity index (χ3v) is 7.59. The molecule has 1 aromatic heterocycles. The van der Waals surface area contributed by atoms with Gasteiger partial charge in [0.2, 0.25) is 0 Å². The van der Waals surface area contributed by atoms with E-state index in [1.165, 1.54) is 28.9 Å². The van der Waals surface area contributed by atoms with Gasteiger partial charge in [0.25, 0.3) is 5.56 Å². The first-order valence-corrected chi connectivity index (χ1v) is 13.9. The van der Waals surface area contributed by atoms with Crippen LogP contribution < -0.4 is 11.2 Å². The number of esters is 1. The van der Waals surface area contributed by atoms with Crippen molar-refractivity contribution in [3.63, 3.8) is 0 Å². The van der Waals surface area contributed by atoms with Gasteiger partial charge in [-0.3, -0.25) is 14.3 Å². The Labute approximate surface area is 233 Å². The van der Waals surface area contributed by atoms with E-state index in [4.69, 9.17) is 9.47 Å². The lowest BCUT2D eigenvalue weighted by molar-refractivity contribution is -0.0271. The number of aromatic nitrogens is 2. The van der Waals surface area contributed by atoms with Crippen molar-refractivity contribution < 1.29 is 14.3 Å². The maximum absolute atomic E-state index is 12.6. The molecule has 0 spiro atoms. The van der Waals surface area contributed by atoms with E-state index in [1.54, 1.807) is 12.1 Å². The van der Waals surface area contributed by atoms with E-state index in [0.717, 1.165) is 45.3 Å². The van der Waals surface area contributed by atoms with Crippen LogP contribution in [-0.4, -0.2) is 53.3 Å². The van der Waals surface area contributed by atoms with E-state index in [9.17, 15) is 14.4 Å². The summed E-state index contributed by atoms with van der Waals surface area (Å²) in [5.41, 5.74) is 2.16. The highest BCUT2D eigenvalue weighted by Gasteiger charge is 2.24. The van der Waals surface area contributed by atoms with Crippen LogP contribution in [0, 0.1) is 0 Å². The number of piperidine rings is 1. The number of aromatic amines is 1. The van der Waals surface area contributed by atoms with Crippen LogP contribution in [-0.2, 0) is 16.0 Å². The van der Waals surface area contributed by atoms with Crippen LogP contribution in [0.5, 0.6) is 0 Å². The molecule has 0 bridgehead atoms. The highest BCUT2D eigenvalue weighted by molar-refractivity contribution is 5.94. The Morgan fingerprint density at radius 3 is 2.15 bits per heavy atom. The SMILES string of the molecule is COC(=O)c1ccc2c(=O)[nH]c(=O)n(CCCCN3CCC(OC(c4ccccc4)c4ccccc4)CC3)c2c1. The van der Waals surface area contributed by atoms with Crippen molar-refractivity contribution in [2.75, 3.05) is 26.7 Å². The molecule has 8 heteroatoms. The van der Waals surface area contributed by atoms with Crippen LogP contribution in [0.2, 0.25) is 0 Å². The minimum atomic E-state index is -0.507. The number of carbonyl (C=O) groups excluding carboxylic acids is 1. The molecule has 1 aliphatic rings. The maximum Gasteiger partial charge on any atom is 0.337 e. The summed E-state index contributed by atoms with van der Waals surface area (Å²) in [6, 6.07) is 25.4. The minimum absolute atomic E-state index is 0.0795. The molecule has 208 valence electrons. The van der Waals surface area contributed by atoms with Gasteiger partial charge in [-0.1, -0.05) is 60.7 Å². The monoisotopic (exact) mass is 541 g/mol. The number of unbranched alkanes of at least 4 members (excludes halogenated alkanes) is 1. The van der Waals surface area contributed by atoms with Crippen LogP contribution in [0.15, 0.2) is 88.5 Å². The van der Waals surface area contributed by atoms with E-state index >= 15 is 0 Å². The molecule has 4 aromatic rings. The number of hydrogen-bond acceptors (Lipinski definition) is 6. The predicted octanol–water partition coefficient (Wildman–Crippen LogP) is 4.53. The molecule has 40 heavy (non-hydrogen) atoms. The second-order valence-electron chi connectivity index (χ2n) is 10.2. The van der Waals surface area contributed by atoms with Crippen molar-refractivity contribution >= 4 is 16.9 Å². The quantitative estimate of drug-likeness (QED) is 0.234. The molecule has 0 unspecified atom stereocenters. The van der Waals surface area contributed by atoms with Crippen LogP contribution >= 0.6 is 0 Å². The van der Waals surface area contributed by atoms with Gasteiger partial charge in [0.05, 0.1) is 29.7 Å². The summed E-state index contributed by atoms with van der Waals surface area (Å²) in [7, 11) is 1.30. The number of aryl methyl sites for hydroxylation is 1. The Balaban J connectivity index is 1.15. The minimum Gasteiger partial charge on any atom is -0.465 e. The summed E-state index contributed by atoms with van der Waals surface area (Å²) >= 11 is 0. The van der Waals surface area contributed by atoms with Crippen molar-refractivity contribution in [2.24, 2.45) is 0 Å². The average molecular weight is 542 g/mol.